The maximum atomic E-state index is 6.30. The van der Waals surface area contributed by atoms with Crippen molar-refractivity contribution in [2.24, 2.45) is 5.73 Å². The number of nitrogens with two attached hydrogens (primary N) is 1. The van der Waals surface area contributed by atoms with Crippen LogP contribution in [-0.2, 0) is 12.2 Å². The summed E-state index contributed by atoms with van der Waals surface area (Å²) in [4.78, 5) is 1.12. The Morgan fingerprint density at radius 3 is 2.84 bits per heavy atom. The molecule has 1 aromatic carbocycles. The van der Waals surface area contributed by atoms with Crippen LogP contribution in [0.1, 0.15) is 24.7 Å². The van der Waals surface area contributed by atoms with Crippen LogP contribution >= 0.6 is 23.4 Å². The highest BCUT2D eigenvalue weighted by atomic mass is 35.5. The molecule has 2 N–H and O–H groups in total. The Balaban J connectivity index is 2.13. The Kier molecular flexibility index (Phi) is 5.37. The van der Waals surface area contributed by atoms with Gasteiger partial charge in [0.2, 0.25) is 0 Å². The maximum absolute atomic E-state index is 6.30. The van der Waals surface area contributed by atoms with E-state index < -0.39 is 0 Å². The molecule has 0 fully saturated rings. The Hall–Kier alpha value is -0.900. The molecule has 2 nitrogen and oxygen atoms in total. The first-order chi connectivity index (χ1) is 9.20. The zero-order chi connectivity index (χ0) is 13.7. The Labute approximate surface area is 123 Å². The lowest BCUT2D eigenvalue weighted by molar-refractivity contribution is 0.530. The summed E-state index contributed by atoms with van der Waals surface area (Å²) in [6.07, 6.45) is 3.52. The fourth-order valence-electron chi connectivity index (χ4n) is 1.84. The average Bonchev–Trinajstić information content (AvgIpc) is 2.91. The van der Waals surface area contributed by atoms with Crippen LogP contribution in [0, 0.1) is 0 Å². The number of hydrogen-bond acceptors (Lipinski definition) is 3. The summed E-state index contributed by atoms with van der Waals surface area (Å²) in [5.74, 6) is 1.74. The van der Waals surface area contributed by atoms with Crippen molar-refractivity contribution < 1.29 is 4.42 Å². The SMILES string of the molecule is CCC(N)Cc1cccc(Cl)c1SCc1ccco1. The zero-order valence-electron chi connectivity index (χ0n) is 10.9. The summed E-state index contributed by atoms with van der Waals surface area (Å²) in [7, 11) is 0. The molecule has 0 spiro atoms. The molecule has 0 saturated heterocycles. The number of furan rings is 1. The van der Waals surface area contributed by atoms with Crippen molar-refractivity contribution in [3.05, 3.63) is 52.9 Å². The second kappa shape index (κ2) is 7.04. The van der Waals surface area contributed by atoms with E-state index in [1.54, 1.807) is 18.0 Å². The smallest absolute Gasteiger partial charge is 0.113 e. The average molecular weight is 296 g/mol. The van der Waals surface area contributed by atoms with Gasteiger partial charge in [0.1, 0.15) is 5.76 Å². The lowest BCUT2D eigenvalue weighted by Crippen LogP contribution is -2.21. The molecule has 2 aromatic rings. The molecule has 0 aliphatic rings. The van der Waals surface area contributed by atoms with Crippen LogP contribution < -0.4 is 5.73 Å². The molecule has 1 heterocycles. The third-order valence-corrected chi connectivity index (χ3v) is 4.62. The second-order valence-electron chi connectivity index (χ2n) is 4.47. The van der Waals surface area contributed by atoms with E-state index in [1.165, 1.54) is 5.56 Å². The standard InChI is InChI=1S/C15H18ClNOS/c1-2-12(17)9-11-5-3-7-14(16)15(11)19-10-13-6-4-8-18-13/h3-8,12H,2,9-10,17H2,1H3. The third kappa shape index (κ3) is 4.03. The molecule has 0 aliphatic carbocycles. The molecule has 2 rings (SSSR count). The van der Waals surface area contributed by atoms with Gasteiger partial charge in [-0.1, -0.05) is 30.7 Å². The van der Waals surface area contributed by atoms with E-state index in [0.717, 1.165) is 34.3 Å². The zero-order valence-corrected chi connectivity index (χ0v) is 12.5. The minimum absolute atomic E-state index is 0.182. The fourth-order valence-corrected chi connectivity index (χ4v) is 3.19. The van der Waals surface area contributed by atoms with Gasteiger partial charge in [-0.25, -0.2) is 0 Å². The van der Waals surface area contributed by atoms with Gasteiger partial charge in [-0.2, -0.15) is 0 Å². The van der Waals surface area contributed by atoms with Gasteiger partial charge in [0.05, 0.1) is 17.0 Å². The van der Waals surface area contributed by atoms with Gasteiger partial charge >= 0.3 is 0 Å². The lowest BCUT2D eigenvalue weighted by atomic mass is 10.0. The molecule has 102 valence electrons. The Bertz CT molecular complexity index is 513. The molecule has 4 heteroatoms. The third-order valence-electron chi connectivity index (χ3n) is 2.99. The minimum Gasteiger partial charge on any atom is -0.468 e. The van der Waals surface area contributed by atoms with Crippen molar-refractivity contribution >= 4 is 23.4 Å². The second-order valence-corrected chi connectivity index (χ2v) is 5.86. The first-order valence-corrected chi connectivity index (χ1v) is 7.75. The van der Waals surface area contributed by atoms with Gasteiger partial charge in [0, 0.05) is 10.9 Å². The number of thioether (sulfide) groups is 1. The maximum Gasteiger partial charge on any atom is 0.113 e. The quantitative estimate of drug-likeness (QED) is 0.797. The van der Waals surface area contributed by atoms with E-state index >= 15 is 0 Å². The van der Waals surface area contributed by atoms with Gasteiger partial charge in [-0.3, -0.25) is 0 Å². The van der Waals surface area contributed by atoms with E-state index in [2.05, 4.69) is 13.0 Å². The largest absolute Gasteiger partial charge is 0.468 e. The molecule has 0 bridgehead atoms. The monoisotopic (exact) mass is 295 g/mol. The van der Waals surface area contributed by atoms with Crippen molar-refractivity contribution in [1.82, 2.24) is 0 Å². The Morgan fingerprint density at radius 1 is 1.32 bits per heavy atom. The molecule has 1 unspecified atom stereocenters. The predicted molar refractivity (Wildman–Crippen MR) is 81.7 cm³/mol. The van der Waals surface area contributed by atoms with Crippen LogP contribution in [0.3, 0.4) is 0 Å². The van der Waals surface area contributed by atoms with Crippen LogP contribution in [0.25, 0.3) is 0 Å². The molecule has 19 heavy (non-hydrogen) atoms. The number of halogens is 1. The first-order valence-electron chi connectivity index (χ1n) is 6.39. The van der Waals surface area contributed by atoms with Crippen LogP contribution in [0.2, 0.25) is 5.02 Å². The Morgan fingerprint density at radius 2 is 2.16 bits per heavy atom. The molecule has 1 aromatic heterocycles. The van der Waals surface area contributed by atoms with Gasteiger partial charge < -0.3 is 10.2 Å². The topological polar surface area (TPSA) is 39.2 Å². The summed E-state index contributed by atoms with van der Waals surface area (Å²) in [5, 5.41) is 0.789. The number of benzene rings is 1. The van der Waals surface area contributed by atoms with Crippen molar-refractivity contribution in [2.75, 3.05) is 0 Å². The summed E-state index contributed by atoms with van der Waals surface area (Å²) in [6, 6.07) is 10.1. The van der Waals surface area contributed by atoms with Crippen molar-refractivity contribution in [2.45, 2.75) is 36.5 Å². The number of hydrogen-bond donors (Lipinski definition) is 1. The minimum atomic E-state index is 0.182. The highest BCUT2D eigenvalue weighted by Crippen LogP contribution is 2.33. The van der Waals surface area contributed by atoms with Crippen LogP contribution in [0.4, 0.5) is 0 Å². The van der Waals surface area contributed by atoms with Crippen molar-refractivity contribution in [1.29, 1.82) is 0 Å². The molecule has 1 atom stereocenters. The predicted octanol–water partition coefficient (Wildman–Crippen LogP) is 4.51. The summed E-state index contributed by atoms with van der Waals surface area (Å²) < 4.78 is 5.35. The lowest BCUT2D eigenvalue weighted by Gasteiger charge is -2.14. The normalized spacial score (nSPS) is 12.6. The van der Waals surface area contributed by atoms with Crippen LogP contribution in [0.15, 0.2) is 45.9 Å². The van der Waals surface area contributed by atoms with E-state index in [4.69, 9.17) is 21.8 Å². The van der Waals surface area contributed by atoms with Crippen molar-refractivity contribution in [3.8, 4) is 0 Å². The van der Waals surface area contributed by atoms with Gasteiger partial charge in [0.15, 0.2) is 0 Å². The summed E-state index contributed by atoms with van der Waals surface area (Å²) >= 11 is 8.01. The van der Waals surface area contributed by atoms with Gasteiger partial charge in [-0.15, -0.1) is 11.8 Å². The highest BCUT2D eigenvalue weighted by Gasteiger charge is 2.11. The van der Waals surface area contributed by atoms with Crippen LogP contribution in [0.5, 0.6) is 0 Å². The fraction of sp³-hybridized carbons (Fsp3) is 0.333. The molecular formula is C15H18ClNOS. The van der Waals surface area contributed by atoms with E-state index in [0.29, 0.717) is 0 Å². The molecule has 0 amide bonds. The van der Waals surface area contributed by atoms with E-state index in [-0.39, 0.29) is 6.04 Å². The first kappa shape index (κ1) is 14.5. The molecule has 0 radical (unpaired) electrons. The number of rotatable bonds is 6. The summed E-state index contributed by atoms with van der Waals surface area (Å²) in [6.45, 7) is 2.10. The van der Waals surface area contributed by atoms with Gasteiger partial charge in [0.25, 0.3) is 0 Å². The van der Waals surface area contributed by atoms with Crippen molar-refractivity contribution in [3.63, 3.8) is 0 Å². The van der Waals surface area contributed by atoms with Gasteiger partial charge in [-0.05, 0) is 36.6 Å². The molecule has 0 aliphatic heterocycles. The van der Waals surface area contributed by atoms with Crippen LogP contribution in [-0.4, -0.2) is 6.04 Å². The molecule has 0 saturated carbocycles. The van der Waals surface area contributed by atoms with E-state index in [9.17, 15) is 0 Å². The highest BCUT2D eigenvalue weighted by molar-refractivity contribution is 7.98. The summed E-state index contributed by atoms with van der Waals surface area (Å²) in [5.41, 5.74) is 7.26. The van der Waals surface area contributed by atoms with E-state index in [1.807, 2.05) is 24.3 Å². The molecular weight excluding hydrogens is 278 g/mol.